The Kier molecular flexibility index (Phi) is 4.51. The minimum atomic E-state index is -0.951. The molecule has 0 bridgehead atoms. The van der Waals surface area contributed by atoms with Crippen LogP contribution in [0.5, 0.6) is 0 Å². The Labute approximate surface area is 169 Å². The van der Waals surface area contributed by atoms with E-state index >= 15 is 0 Å². The molecule has 5 nitrogen and oxygen atoms in total. The van der Waals surface area contributed by atoms with Crippen LogP contribution in [0, 0.1) is 5.92 Å². The summed E-state index contributed by atoms with van der Waals surface area (Å²) < 4.78 is 0. The molecular formula is C24H23N3O2. The Morgan fingerprint density at radius 1 is 1.00 bits per heavy atom. The van der Waals surface area contributed by atoms with E-state index in [4.69, 9.17) is 9.97 Å². The maximum absolute atomic E-state index is 11.4. The minimum Gasteiger partial charge on any atom is -0.478 e. The summed E-state index contributed by atoms with van der Waals surface area (Å²) in [6.45, 7) is 0. The van der Waals surface area contributed by atoms with E-state index in [0.717, 1.165) is 36.2 Å². The molecule has 1 aliphatic carbocycles. The lowest BCUT2D eigenvalue weighted by atomic mass is 9.82. The fourth-order valence-corrected chi connectivity index (χ4v) is 4.52. The molecule has 5 rings (SSSR count). The van der Waals surface area contributed by atoms with Crippen LogP contribution in [0.25, 0.3) is 22.3 Å². The topological polar surface area (TPSA) is 75.1 Å². The first-order chi connectivity index (χ1) is 14.2. The van der Waals surface area contributed by atoms with Crippen molar-refractivity contribution in [2.45, 2.75) is 38.1 Å². The molecule has 3 aromatic rings. The van der Waals surface area contributed by atoms with Gasteiger partial charge in [-0.05, 0) is 56.2 Å². The highest BCUT2D eigenvalue weighted by Crippen LogP contribution is 2.38. The zero-order chi connectivity index (χ0) is 19.8. The average Bonchev–Trinajstić information content (AvgIpc) is 2.78. The van der Waals surface area contributed by atoms with Crippen molar-refractivity contribution < 1.29 is 9.90 Å². The number of hydrogen-bond acceptors (Lipinski definition) is 4. The molecule has 2 unspecified atom stereocenters. The third kappa shape index (κ3) is 3.37. The van der Waals surface area contributed by atoms with Gasteiger partial charge in [-0.2, -0.15) is 0 Å². The van der Waals surface area contributed by atoms with E-state index in [9.17, 15) is 9.90 Å². The molecule has 2 N–H and O–H groups in total. The summed E-state index contributed by atoms with van der Waals surface area (Å²) >= 11 is 0. The van der Waals surface area contributed by atoms with Crippen molar-refractivity contribution in [3.63, 3.8) is 0 Å². The van der Waals surface area contributed by atoms with Crippen molar-refractivity contribution in [1.82, 2.24) is 15.3 Å². The second-order valence-electron chi connectivity index (χ2n) is 7.89. The third-order valence-electron chi connectivity index (χ3n) is 6.02. The number of rotatable bonds is 3. The maximum Gasteiger partial charge on any atom is 0.335 e. The number of carboxylic acid groups (broad SMARTS) is 1. The largest absolute Gasteiger partial charge is 0.478 e. The summed E-state index contributed by atoms with van der Waals surface area (Å²) in [6, 6.07) is 15.1. The molecule has 2 atom stereocenters. The van der Waals surface area contributed by atoms with E-state index in [1.165, 1.54) is 18.5 Å². The molecule has 0 saturated carbocycles. The zero-order valence-corrected chi connectivity index (χ0v) is 16.1. The van der Waals surface area contributed by atoms with Crippen LogP contribution in [0.1, 0.15) is 54.2 Å². The van der Waals surface area contributed by atoms with E-state index < -0.39 is 5.97 Å². The molecule has 2 aromatic carbocycles. The monoisotopic (exact) mass is 385 g/mol. The second-order valence-corrected chi connectivity index (χ2v) is 7.89. The fraction of sp³-hybridized carbons (Fsp3) is 0.292. The molecule has 29 heavy (non-hydrogen) atoms. The summed E-state index contributed by atoms with van der Waals surface area (Å²) in [5.41, 5.74) is 5.71. The number of nitrogens with zero attached hydrogens (tertiary/aromatic N) is 2. The second kappa shape index (κ2) is 7.32. The molecule has 2 aliphatic rings. The molecule has 1 saturated heterocycles. The highest BCUT2D eigenvalue weighted by molar-refractivity contribution is 5.92. The smallest absolute Gasteiger partial charge is 0.335 e. The standard InChI is InChI=1S/C24H23N3O2/c28-24(29)17-11-12-19-21(14-17)27-23(22(26-19)16-7-2-1-3-8-16)20-13-10-15-6-4-5-9-18(15)25-20/h1-3,7-9,11-12,14-15,20,25H,4-6,10,13H2,(H,28,29). The molecule has 1 aromatic heterocycles. The number of fused-ring (bicyclic) bond motifs is 2. The average molecular weight is 385 g/mol. The predicted molar refractivity (Wildman–Crippen MR) is 112 cm³/mol. The van der Waals surface area contributed by atoms with Crippen LogP contribution >= 0.6 is 0 Å². The van der Waals surface area contributed by atoms with Crippen LogP contribution in [0.15, 0.2) is 60.3 Å². The van der Waals surface area contributed by atoms with Gasteiger partial charge in [0.25, 0.3) is 0 Å². The normalized spacial score (nSPS) is 21.2. The molecule has 0 radical (unpaired) electrons. The van der Waals surface area contributed by atoms with Crippen LogP contribution in [0.2, 0.25) is 0 Å². The first-order valence-electron chi connectivity index (χ1n) is 10.3. The first kappa shape index (κ1) is 17.9. The highest BCUT2D eigenvalue weighted by atomic mass is 16.4. The number of nitrogens with one attached hydrogen (secondary N) is 1. The van der Waals surface area contributed by atoms with Gasteiger partial charge in [0, 0.05) is 11.3 Å². The predicted octanol–water partition coefficient (Wildman–Crippen LogP) is 5.10. The number of aromatic nitrogens is 2. The fourth-order valence-electron chi connectivity index (χ4n) is 4.52. The summed E-state index contributed by atoms with van der Waals surface area (Å²) in [5.74, 6) is -0.319. The summed E-state index contributed by atoms with van der Waals surface area (Å²) in [7, 11) is 0. The summed E-state index contributed by atoms with van der Waals surface area (Å²) in [4.78, 5) is 21.3. The highest BCUT2D eigenvalue weighted by Gasteiger charge is 2.30. The quantitative estimate of drug-likeness (QED) is 0.656. The first-order valence-corrected chi connectivity index (χ1v) is 10.3. The Morgan fingerprint density at radius 2 is 1.86 bits per heavy atom. The van der Waals surface area contributed by atoms with Gasteiger partial charge >= 0.3 is 5.97 Å². The van der Waals surface area contributed by atoms with E-state index in [2.05, 4.69) is 23.5 Å². The van der Waals surface area contributed by atoms with Crippen LogP contribution in [-0.4, -0.2) is 21.0 Å². The lowest BCUT2D eigenvalue weighted by Crippen LogP contribution is -2.33. The molecule has 1 aliphatic heterocycles. The van der Waals surface area contributed by atoms with Crippen LogP contribution in [-0.2, 0) is 0 Å². The number of hydrogen-bond donors (Lipinski definition) is 2. The van der Waals surface area contributed by atoms with Gasteiger partial charge in [0.2, 0.25) is 0 Å². The zero-order valence-electron chi connectivity index (χ0n) is 16.1. The molecule has 1 fully saturated rings. The summed E-state index contributed by atoms with van der Waals surface area (Å²) in [5, 5.41) is 13.1. The van der Waals surface area contributed by atoms with Crippen molar-refractivity contribution in [2.24, 2.45) is 5.92 Å². The van der Waals surface area contributed by atoms with Crippen molar-refractivity contribution >= 4 is 17.0 Å². The molecule has 0 spiro atoms. The molecular weight excluding hydrogens is 362 g/mol. The van der Waals surface area contributed by atoms with E-state index in [1.807, 2.05) is 18.2 Å². The summed E-state index contributed by atoms with van der Waals surface area (Å²) in [6.07, 6.45) is 8.13. The molecule has 2 heterocycles. The Balaban J connectivity index is 1.64. The van der Waals surface area contributed by atoms with Crippen molar-refractivity contribution in [3.05, 3.63) is 71.6 Å². The van der Waals surface area contributed by atoms with Gasteiger partial charge in [-0.25, -0.2) is 14.8 Å². The number of piperidine rings is 1. The lowest BCUT2D eigenvalue weighted by molar-refractivity contribution is 0.0697. The van der Waals surface area contributed by atoms with Crippen LogP contribution in [0.3, 0.4) is 0 Å². The Hall–Kier alpha value is -3.21. The van der Waals surface area contributed by atoms with E-state index in [-0.39, 0.29) is 11.6 Å². The van der Waals surface area contributed by atoms with E-state index in [0.29, 0.717) is 17.0 Å². The molecule has 5 heteroatoms. The van der Waals surface area contributed by atoms with Crippen molar-refractivity contribution in [1.29, 1.82) is 0 Å². The Bertz CT molecular complexity index is 1110. The van der Waals surface area contributed by atoms with Crippen LogP contribution < -0.4 is 5.32 Å². The van der Waals surface area contributed by atoms with Gasteiger partial charge in [-0.15, -0.1) is 0 Å². The SMILES string of the molecule is O=C(O)c1ccc2nc(-c3ccccc3)c(C3CCC4CCCC=C4N3)nc2c1. The van der Waals surface area contributed by atoms with Gasteiger partial charge in [0.15, 0.2) is 0 Å². The lowest BCUT2D eigenvalue weighted by Gasteiger charge is -2.35. The number of benzene rings is 2. The van der Waals surface area contributed by atoms with Crippen molar-refractivity contribution in [3.8, 4) is 11.3 Å². The van der Waals surface area contributed by atoms with E-state index in [1.54, 1.807) is 18.2 Å². The number of aromatic carboxylic acids is 1. The number of allylic oxidation sites excluding steroid dienone is 2. The van der Waals surface area contributed by atoms with Gasteiger partial charge in [-0.3, -0.25) is 0 Å². The van der Waals surface area contributed by atoms with Crippen molar-refractivity contribution in [2.75, 3.05) is 0 Å². The van der Waals surface area contributed by atoms with Gasteiger partial charge in [0.1, 0.15) is 0 Å². The van der Waals surface area contributed by atoms with Gasteiger partial charge in [-0.1, -0.05) is 36.4 Å². The van der Waals surface area contributed by atoms with Crippen LogP contribution in [0.4, 0.5) is 0 Å². The molecule has 146 valence electrons. The minimum absolute atomic E-state index is 0.0798. The molecule has 0 amide bonds. The number of carbonyl (C=O) groups is 1. The Morgan fingerprint density at radius 3 is 2.69 bits per heavy atom. The van der Waals surface area contributed by atoms with Gasteiger partial charge in [0.05, 0.1) is 34.0 Å². The maximum atomic E-state index is 11.4. The van der Waals surface area contributed by atoms with Gasteiger partial charge < -0.3 is 10.4 Å². The third-order valence-corrected chi connectivity index (χ3v) is 6.02. The number of carboxylic acids is 1.